The van der Waals surface area contributed by atoms with Gasteiger partial charge in [0.25, 0.3) is 0 Å². The number of aliphatic carboxylic acids is 1. The van der Waals surface area contributed by atoms with Gasteiger partial charge in [-0.2, -0.15) is 0 Å². The molecule has 0 bridgehead atoms. The van der Waals surface area contributed by atoms with E-state index >= 15 is 0 Å². The molecule has 1 aromatic carbocycles. The third-order valence-electron chi connectivity index (χ3n) is 17.9. The Morgan fingerprint density at radius 1 is 0.912 bits per heavy atom. The van der Waals surface area contributed by atoms with E-state index in [2.05, 4.69) is 46.4 Å². The summed E-state index contributed by atoms with van der Waals surface area (Å²) in [5, 5.41) is 10.2. The lowest BCUT2D eigenvalue weighted by Gasteiger charge is -2.69. The van der Waals surface area contributed by atoms with E-state index in [-0.39, 0.29) is 57.4 Å². The number of nitrogens with zero attached hydrogens (tertiary/aromatic N) is 2. The van der Waals surface area contributed by atoms with Crippen LogP contribution < -0.4 is 0 Å². The molecule has 7 rings (SSSR count). The lowest BCUT2D eigenvalue weighted by Crippen LogP contribution is -2.62. The van der Waals surface area contributed by atoms with Crippen LogP contribution in [-0.4, -0.2) is 65.5 Å². The second-order valence-electron chi connectivity index (χ2n) is 21.6. The SMILES string of the molecule is CC(C)C1=C2C3CCC4C(C)(CCC5C(C)(C)C(CC(=O)C6CC(C(=O)O)C6C)CCC54C)C3CCC2(CC(=O)N(CCN(C)C)Cc2cccc(Cl)c2)CC1=O. The maximum atomic E-state index is 14.6. The van der Waals surface area contributed by atoms with Gasteiger partial charge in [0.2, 0.25) is 5.91 Å². The van der Waals surface area contributed by atoms with E-state index in [1.54, 1.807) is 0 Å². The molecule has 8 heteroatoms. The number of carboxylic acids is 1. The topological polar surface area (TPSA) is 95.0 Å². The number of carboxylic acid groups (broad SMARTS) is 1. The molecule has 0 aliphatic heterocycles. The lowest BCUT2D eigenvalue weighted by atomic mass is 9.35. The Kier molecular flexibility index (Phi) is 11.6. The number of fused-ring (bicyclic) bond motifs is 7. The summed E-state index contributed by atoms with van der Waals surface area (Å²) < 4.78 is 0. The number of carbonyl (C=O) groups excluding carboxylic acids is 3. The van der Waals surface area contributed by atoms with E-state index in [0.29, 0.717) is 73.4 Å². The van der Waals surface area contributed by atoms with Gasteiger partial charge in [0, 0.05) is 55.3 Å². The van der Waals surface area contributed by atoms with Crippen molar-refractivity contribution >= 4 is 35.0 Å². The maximum absolute atomic E-state index is 14.6. The summed E-state index contributed by atoms with van der Waals surface area (Å²) >= 11 is 6.38. The Balaban J connectivity index is 1.12. The fourth-order valence-corrected chi connectivity index (χ4v) is 15.1. The Labute approximate surface area is 348 Å². The summed E-state index contributed by atoms with van der Waals surface area (Å²) in [7, 11) is 4.09. The highest BCUT2D eigenvalue weighted by Gasteiger charge is 2.66. The summed E-state index contributed by atoms with van der Waals surface area (Å²) in [5.74, 6) is 1.79. The van der Waals surface area contributed by atoms with Crippen molar-refractivity contribution in [2.75, 3.05) is 27.2 Å². The van der Waals surface area contributed by atoms with Crippen LogP contribution in [0.25, 0.3) is 0 Å². The smallest absolute Gasteiger partial charge is 0.306 e. The van der Waals surface area contributed by atoms with Gasteiger partial charge in [-0.05, 0) is 153 Å². The van der Waals surface area contributed by atoms with Crippen LogP contribution in [0.4, 0.5) is 0 Å². The Bertz CT molecular complexity index is 1800. The van der Waals surface area contributed by atoms with Gasteiger partial charge in [0.05, 0.1) is 5.92 Å². The number of hydrogen-bond acceptors (Lipinski definition) is 5. The molecular formula is C49H71ClN2O5. The molecule has 1 N–H and O–H groups in total. The number of likely N-dealkylation sites (N-methyl/N-ethyl adjacent to an activating group) is 1. The highest BCUT2D eigenvalue weighted by Crippen LogP contribution is 2.74. The van der Waals surface area contributed by atoms with Crippen molar-refractivity contribution in [3.8, 4) is 0 Å². The summed E-state index contributed by atoms with van der Waals surface area (Å²) in [6.45, 7) is 18.3. The molecule has 0 aromatic heterocycles. The fraction of sp³-hybridized carbons (Fsp3) is 0.755. The largest absolute Gasteiger partial charge is 0.481 e. The van der Waals surface area contributed by atoms with E-state index < -0.39 is 11.4 Å². The molecule has 1 aromatic rings. The first-order valence-electron chi connectivity index (χ1n) is 22.4. The molecule has 0 heterocycles. The molecule has 5 fully saturated rings. The van der Waals surface area contributed by atoms with Gasteiger partial charge < -0.3 is 14.9 Å². The number of hydrogen-bond donors (Lipinski definition) is 1. The average Bonchev–Trinajstić information content (AvgIpc) is 3.42. The van der Waals surface area contributed by atoms with Crippen molar-refractivity contribution in [1.29, 1.82) is 0 Å². The summed E-state index contributed by atoms with van der Waals surface area (Å²) in [4.78, 5) is 58.3. The second-order valence-corrected chi connectivity index (χ2v) is 22.1. The maximum Gasteiger partial charge on any atom is 0.306 e. The number of rotatable bonds is 12. The van der Waals surface area contributed by atoms with Crippen LogP contribution >= 0.6 is 11.6 Å². The number of amides is 1. The standard InChI is InChI=1S/C49H71ClN2O5/c1-29(2)43-39(54)26-49(27-42(55)52(22-21-51(8)9)28-31-11-10-12-33(50)23-31)20-16-37-34(44(43)49)13-14-41-47(37,6)19-17-40-46(4,5)32(15-18-48(40,41)7)24-38(53)35-25-36(30(35)3)45(56)57/h10-12,23,29-30,32,34-37,40-41H,13-22,24-28H2,1-9H3,(H,56,57). The molecule has 1 amide bonds. The zero-order chi connectivity index (χ0) is 41.4. The van der Waals surface area contributed by atoms with Gasteiger partial charge in [0.15, 0.2) is 5.78 Å². The number of carbonyl (C=O) groups is 4. The van der Waals surface area contributed by atoms with Gasteiger partial charge in [-0.25, -0.2) is 0 Å². The molecule has 6 aliphatic rings. The summed E-state index contributed by atoms with van der Waals surface area (Å²) in [5.41, 5.74) is 3.38. The predicted molar refractivity (Wildman–Crippen MR) is 226 cm³/mol. The minimum absolute atomic E-state index is 0.0247. The van der Waals surface area contributed by atoms with Gasteiger partial charge >= 0.3 is 5.97 Å². The van der Waals surface area contributed by atoms with E-state index in [1.807, 2.05) is 50.2 Å². The van der Waals surface area contributed by atoms with E-state index in [0.717, 1.165) is 62.6 Å². The number of benzene rings is 1. The first-order chi connectivity index (χ1) is 26.7. The minimum atomic E-state index is -0.763. The average molecular weight is 804 g/mol. The van der Waals surface area contributed by atoms with Crippen molar-refractivity contribution < 1.29 is 24.3 Å². The molecule has 0 saturated heterocycles. The molecular weight excluding hydrogens is 732 g/mol. The van der Waals surface area contributed by atoms with Gasteiger partial charge in [-0.1, -0.05) is 77.8 Å². The van der Waals surface area contributed by atoms with Crippen molar-refractivity contribution in [2.24, 2.45) is 74.9 Å². The third kappa shape index (κ3) is 7.29. The van der Waals surface area contributed by atoms with Crippen molar-refractivity contribution in [3.05, 3.63) is 46.0 Å². The van der Waals surface area contributed by atoms with Crippen molar-refractivity contribution in [2.45, 2.75) is 132 Å². The molecule has 11 unspecified atom stereocenters. The predicted octanol–water partition coefficient (Wildman–Crippen LogP) is 10.1. The molecule has 6 aliphatic carbocycles. The van der Waals surface area contributed by atoms with Crippen LogP contribution in [0, 0.1) is 74.9 Å². The Hall–Kier alpha value is -2.51. The monoisotopic (exact) mass is 803 g/mol. The van der Waals surface area contributed by atoms with Gasteiger partial charge in [0.1, 0.15) is 5.78 Å². The van der Waals surface area contributed by atoms with Crippen LogP contribution in [0.15, 0.2) is 35.4 Å². The number of allylic oxidation sites excluding steroid dienone is 2. The first kappa shape index (κ1) is 42.6. The van der Waals surface area contributed by atoms with Crippen LogP contribution in [0.3, 0.4) is 0 Å². The van der Waals surface area contributed by atoms with E-state index in [1.165, 1.54) is 12.0 Å². The fourth-order valence-electron chi connectivity index (χ4n) is 14.9. The second kappa shape index (κ2) is 15.5. The molecule has 11 atom stereocenters. The summed E-state index contributed by atoms with van der Waals surface area (Å²) in [6, 6.07) is 7.82. The Morgan fingerprint density at radius 3 is 2.28 bits per heavy atom. The highest BCUT2D eigenvalue weighted by atomic mass is 35.5. The number of halogens is 1. The van der Waals surface area contributed by atoms with Crippen molar-refractivity contribution in [1.82, 2.24) is 9.80 Å². The molecule has 5 saturated carbocycles. The molecule has 0 spiro atoms. The van der Waals surface area contributed by atoms with Gasteiger partial charge in [-0.3, -0.25) is 19.2 Å². The van der Waals surface area contributed by atoms with E-state index in [9.17, 15) is 24.3 Å². The molecule has 314 valence electrons. The van der Waals surface area contributed by atoms with Gasteiger partial charge in [-0.15, -0.1) is 0 Å². The third-order valence-corrected chi connectivity index (χ3v) is 18.1. The van der Waals surface area contributed by atoms with E-state index in [4.69, 9.17) is 11.6 Å². The van der Waals surface area contributed by atoms with Crippen LogP contribution in [0.1, 0.15) is 131 Å². The Morgan fingerprint density at radius 2 is 1.63 bits per heavy atom. The zero-order valence-corrected chi connectivity index (χ0v) is 37.2. The van der Waals surface area contributed by atoms with Crippen LogP contribution in [-0.2, 0) is 25.7 Å². The van der Waals surface area contributed by atoms with Crippen LogP contribution in [0.5, 0.6) is 0 Å². The number of ketones is 2. The first-order valence-corrected chi connectivity index (χ1v) is 22.8. The summed E-state index contributed by atoms with van der Waals surface area (Å²) in [6.07, 6.45) is 10.7. The molecule has 7 nitrogen and oxygen atoms in total. The van der Waals surface area contributed by atoms with Crippen LogP contribution in [0.2, 0.25) is 5.02 Å². The lowest BCUT2D eigenvalue weighted by molar-refractivity contribution is -0.193. The highest BCUT2D eigenvalue weighted by molar-refractivity contribution is 6.30. The normalized spacial score (nSPS) is 38.2. The number of Topliss-reactive ketones (excluding diaryl/α,β-unsaturated/α-hetero) is 2. The minimum Gasteiger partial charge on any atom is -0.481 e. The molecule has 57 heavy (non-hydrogen) atoms. The molecule has 0 radical (unpaired) electrons. The quantitative estimate of drug-likeness (QED) is 0.226. The zero-order valence-electron chi connectivity index (χ0n) is 36.5. The van der Waals surface area contributed by atoms with Crippen molar-refractivity contribution in [3.63, 3.8) is 0 Å².